The van der Waals surface area contributed by atoms with Gasteiger partial charge in [0.05, 0.1) is 17.4 Å². The zero-order chi connectivity index (χ0) is 14.2. The van der Waals surface area contributed by atoms with E-state index in [2.05, 4.69) is 34.3 Å². The monoisotopic (exact) mass is 274 g/mol. The third-order valence-electron chi connectivity index (χ3n) is 3.61. The molecule has 5 heteroatoms. The molecular formula is C15H22N4O. The molecule has 0 spiro atoms. The van der Waals surface area contributed by atoms with Crippen LogP contribution in [0.25, 0.3) is 5.65 Å². The van der Waals surface area contributed by atoms with Gasteiger partial charge >= 0.3 is 0 Å². The molecule has 20 heavy (non-hydrogen) atoms. The van der Waals surface area contributed by atoms with Crippen molar-refractivity contribution < 1.29 is 4.74 Å². The largest absolute Gasteiger partial charge is 0.368 e. The quantitative estimate of drug-likeness (QED) is 0.916. The van der Waals surface area contributed by atoms with Crippen LogP contribution in [-0.2, 0) is 11.3 Å². The molecular weight excluding hydrogens is 252 g/mol. The molecule has 1 unspecified atom stereocenters. The minimum Gasteiger partial charge on any atom is -0.368 e. The Bertz CT molecular complexity index is 559. The van der Waals surface area contributed by atoms with E-state index in [1.807, 2.05) is 24.4 Å². The molecule has 0 bridgehead atoms. The first-order valence-corrected chi connectivity index (χ1v) is 7.08. The Morgan fingerprint density at radius 2 is 2.30 bits per heavy atom. The summed E-state index contributed by atoms with van der Waals surface area (Å²) in [5, 5.41) is 0. The lowest BCUT2D eigenvalue weighted by molar-refractivity contribution is -0.134. The Balaban J connectivity index is 1.76. The Kier molecular flexibility index (Phi) is 3.50. The summed E-state index contributed by atoms with van der Waals surface area (Å²) in [5.74, 6) is 0. The number of imidazole rings is 1. The number of morpholine rings is 1. The first kappa shape index (κ1) is 13.5. The molecule has 0 saturated carbocycles. The van der Waals surface area contributed by atoms with E-state index in [0.29, 0.717) is 6.54 Å². The second-order valence-electron chi connectivity index (χ2n) is 6.10. The Labute approximate surface area is 119 Å². The second kappa shape index (κ2) is 5.16. The van der Waals surface area contributed by atoms with Gasteiger partial charge in [-0.3, -0.25) is 4.90 Å². The predicted octanol–water partition coefficient (Wildman–Crippen LogP) is 1.27. The van der Waals surface area contributed by atoms with E-state index in [1.54, 1.807) is 0 Å². The van der Waals surface area contributed by atoms with Crippen LogP contribution in [0.5, 0.6) is 0 Å². The average Bonchev–Trinajstić information content (AvgIpc) is 2.78. The van der Waals surface area contributed by atoms with Gasteiger partial charge in [0.25, 0.3) is 0 Å². The van der Waals surface area contributed by atoms with Crippen LogP contribution in [0, 0.1) is 0 Å². The molecule has 0 radical (unpaired) electrons. The molecule has 108 valence electrons. The number of nitrogens with two attached hydrogens (primary N) is 1. The number of hydrogen-bond acceptors (Lipinski definition) is 4. The van der Waals surface area contributed by atoms with Crippen LogP contribution in [0.2, 0.25) is 0 Å². The van der Waals surface area contributed by atoms with Crippen molar-refractivity contribution >= 4 is 5.65 Å². The highest BCUT2D eigenvalue weighted by molar-refractivity contribution is 5.39. The van der Waals surface area contributed by atoms with Crippen molar-refractivity contribution in [1.29, 1.82) is 0 Å². The van der Waals surface area contributed by atoms with Crippen molar-refractivity contribution in [1.82, 2.24) is 14.3 Å². The van der Waals surface area contributed by atoms with Crippen LogP contribution in [0.1, 0.15) is 19.5 Å². The zero-order valence-corrected chi connectivity index (χ0v) is 12.1. The van der Waals surface area contributed by atoms with Crippen LogP contribution in [0.3, 0.4) is 0 Å². The summed E-state index contributed by atoms with van der Waals surface area (Å²) in [6, 6.07) is 6.05. The molecule has 5 nitrogen and oxygen atoms in total. The van der Waals surface area contributed by atoms with Crippen molar-refractivity contribution in [2.24, 2.45) is 5.73 Å². The van der Waals surface area contributed by atoms with Crippen LogP contribution in [0.15, 0.2) is 30.6 Å². The number of fused-ring (bicyclic) bond motifs is 1. The SMILES string of the molecule is CC1(C)CN(Cc2cn3ccccc3n2)CC(CN)O1. The molecule has 0 amide bonds. The minimum absolute atomic E-state index is 0.107. The maximum atomic E-state index is 5.96. The maximum Gasteiger partial charge on any atom is 0.137 e. The lowest BCUT2D eigenvalue weighted by Crippen LogP contribution is -2.54. The van der Waals surface area contributed by atoms with Crippen molar-refractivity contribution in [2.45, 2.75) is 32.1 Å². The fraction of sp³-hybridized carbons (Fsp3) is 0.533. The zero-order valence-electron chi connectivity index (χ0n) is 12.1. The molecule has 1 aliphatic heterocycles. The van der Waals surface area contributed by atoms with Gasteiger partial charge in [0.1, 0.15) is 5.65 Å². The van der Waals surface area contributed by atoms with Crippen molar-refractivity contribution in [3.05, 3.63) is 36.3 Å². The number of nitrogens with zero attached hydrogens (tertiary/aromatic N) is 3. The Hall–Kier alpha value is -1.43. The second-order valence-corrected chi connectivity index (χ2v) is 6.10. The molecule has 3 rings (SSSR count). The number of ether oxygens (including phenoxy) is 1. The number of aromatic nitrogens is 2. The average molecular weight is 274 g/mol. The number of hydrogen-bond donors (Lipinski definition) is 1. The molecule has 2 aromatic heterocycles. The third kappa shape index (κ3) is 2.85. The van der Waals surface area contributed by atoms with Crippen LogP contribution < -0.4 is 5.73 Å². The lowest BCUT2D eigenvalue weighted by Gasteiger charge is -2.42. The normalized spacial score (nSPS) is 23.2. The fourth-order valence-corrected chi connectivity index (χ4v) is 2.95. The van der Waals surface area contributed by atoms with Crippen molar-refractivity contribution in [2.75, 3.05) is 19.6 Å². The summed E-state index contributed by atoms with van der Waals surface area (Å²) in [5.41, 5.74) is 7.70. The highest BCUT2D eigenvalue weighted by Crippen LogP contribution is 2.22. The summed E-state index contributed by atoms with van der Waals surface area (Å²) in [6.45, 7) is 7.40. The van der Waals surface area contributed by atoms with Gasteiger partial charge in [-0.05, 0) is 26.0 Å². The van der Waals surface area contributed by atoms with Gasteiger partial charge in [0.15, 0.2) is 0 Å². The molecule has 3 heterocycles. The van der Waals surface area contributed by atoms with E-state index in [-0.39, 0.29) is 11.7 Å². The van der Waals surface area contributed by atoms with Crippen LogP contribution in [0.4, 0.5) is 0 Å². The summed E-state index contributed by atoms with van der Waals surface area (Å²) in [4.78, 5) is 7.03. The number of pyridine rings is 1. The summed E-state index contributed by atoms with van der Waals surface area (Å²) in [7, 11) is 0. The summed E-state index contributed by atoms with van der Waals surface area (Å²) >= 11 is 0. The van der Waals surface area contributed by atoms with Gasteiger partial charge in [-0.25, -0.2) is 4.98 Å². The van der Waals surface area contributed by atoms with Crippen molar-refractivity contribution in [3.8, 4) is 0 Å². The van der Waals surface area contributed by atoms with Gasteiger partial charge in [-0.1, -0.05) is 6.07 Å². The Morgan fingerprint density at radius 3 is 3.05 bits per heavy atom. The molecule has 0 aromatic carbocycles. The van der Waals surface area contributed by atoms with Crippen LogP contribution in [-0.4, -0.2) is 45.6 Å². The van der Waals surface area contributed by atoms with Gasteiger partial charge < -0.3 is 14.9 Å². The standard InChI is InChI=1S/C15H22N4O/c1-15(2)11-18(10-13(7-16)20-15)8-12-9-19-6-4-3-5-14(19)17-12/h3-6,9,13H,7-8,10-11,16H2,1-2H3. The molecule has 2 N–H and O–H groups in total. The van der Waals surface area contributed by atoms with Crippen LogP contribution >= 0.6 is 0 Å². The van der Waals surface area contributed by atoms with E-state index in [0.717, 1.165) is 31.0 Å². The van der Waals surface area contributed by atoms with Gasteiger partial charge in [0.2, 0.25) is 0 Å². The predicted molar refractivity (Wildman–Crippen MR) is 78.5 cm³/mol. The first-order valence-electron chi connectivity index (χ1n) is 7.08. The van der Waals surface area contributed by atoms with E-state index in [1.165, 1.54) is 0 Å². The van der Waals surface area contributed by atoms with E-state index in [4.69, 9.17) is 10.5 Å². The smallest absolute Gasteiger partial charge is 0.137 e. The number of rotatable bonds is 3. The molecule has 1 atom stereocenters. The molecule has 2 aromatic rings. The summed E-state index contributed by atoms with van der Waals surface area (Å²) in [6.07, 6.45) is 4.23. The van der Waals surface area contributed by atoms with E-state index < -0.39 is 0 Å². The maximum absolute atomic E-state index is 5.96. The topological polar surface area (TPSA) is 55.8 Å². The van der Waals surface area contributed by atoms with E-state index in [9.17, 15) is 0 Å². The highest BCUT2D eigenvalue weighted by atomic mass is 16.5. The first-order chi connectivity index (χ1) is 9.55. The lowest BCUT2D eigenvalue weighted by atomic mass is 10.0. The third-order valence-corrected chi connectivity index (χ3v) is 3.61. The van der Waals surface area contributed by atoms with Gasteiger partial charge in [-0.2, -0.15) is 0 Å². The molecule has 1 fully saturated rings. The molecule has 1 aliphatic rings. The van der Waals surface area contributed by atoms with E-state index >= 15 is 0 Å². The summed E-state index contributed by atoms with van der Waals surface area (Å²) < 4.78 is 8.01. The molecule has 1 saturated heterocycles. The Morgan fingerprint density at radius 1 is 1.45 bits per heavy atom. The molecule has 0 aliphatic carbocycles. The highest BCUT2D eigenvalue weighted by Gasteiger charge is 2.32. The van der Waals surface area contributed by atoms with Crippen molar-refractivity contribution in [3.63, 3.8) is 0 Å². The minimum atomic E-state index is -0.151. The van der Waals surface area contributed by atoms with Gasteiger partial charge in [0, 0.05) is 38.6 Å². The van der Waals surface area contributed by atoms with Gasteiger partial charge in [-0.15, -0.1) is 0 Å². The fourth-order valence-electron chi connectivity index (χ4n) is 2.95.